The summed E-state index contributed by atoms with van der Waals surface area (Å²) in [5.41, 5.74) is 6.08. The number of thiophene rings is 1. The lowest BCUT2D eigenvalue weighted by atomic mass is 10.0. The zero-order chi connectivity index (χ0) is 17.5. The van der Waals surface area contributed by atoms with Gasteiger partial charge in [0.05, 0.1) is 21.0 Å². The summed E-state index contributed by atoms with van der Waals surface area (Å²) in [5, 5.41) is 10.7. The molecule has 24 heavy (non-hydrogen) atoms. The molecule has 3 rings (SSSR count). The van der Waals surface area contributed by atoms with Gasteiger partial charge in [-0.3, -0.25) is 0 Å². The first-order valence-electron chi connectivity index (χ1n) is 6.82. The zero-order valence-corrected chi connectivity index (χ0v) is 13.6. The predicted octanol–water partition coefficient (Wildman–Crippen LogP) is 6.04. The molecule has 2 nitrogen and oxygen atoms in total. The van der Waals surface area contributed by atoms with E-state index in [-0.39, 0.29) is 26.9 Å². The standard InChI is InChI=1S/C17H11ClF3NOS/c18-12-7-10(6-11(8-12)17(19,20)21)13-14(23)15(24-16(13)22)9-4-2-1-3-5-9/h1-8,23H,22H2. The Hall–Kier alpha value is -2.18. The van der Waals surface area contributed by atoms with E-state index in [1.54, 1.807) is 24.3 Å². The molecule has 0 spiro atoms. The molecule has 0 fully saturated rings. The molecule has 0 aliphatic heterocycles. The van der Waals surface area contributed by atoms with Crippen molar-refractivity contribution in [3.63, 3.8) is 0 Å². The Morgan fingerprint density at radius 3 is 2.29 bits per heavy atom. The fourth-order valence-electron chi connectivity index (χ4n) is 2.40. The molecular formula is C17H11ClF3NOS. The zero-order valence-electron chi connectivity index (χ0n) is 12.1. The summed E-state index contributed by atoms with van der Waals surface area (Å²) in [6, 6.07) is 12.1. The summed E-state index contributed by atoms with van der Waals surface area (Å²) < 4.78 is 39.0. The Bertz CT molecular complexity index is 891. The van der Waals surface area contributed by atoms with Crippen LogP contribution >= 0.6 is 22.9 Å². The molecule has 0 saturated carbocycles. The van der Waals surface area contributed by atoms with Gasteiger partial charge in [0.2, 0.25) is 0 Å². The summed E-state index contributed by atoms with van der Waals surface area (Å²) in [4.78, 5) is 0.497. The van der Waals surface area contributed by atoms with Crippen molar-refractivity contribution in [2.24, 2.45) is 0 Å². The topological polar surface area (TPSA) is 46.2 Å². The third-order valence-electron chi connectivity index (χ3n) is 3.46. The maximum atomic E-state index is 13.0. The number of benzene rings is 2. The number of hydrogen-bond donors (Lipinski definition) is 2. The largest absolute Gasteiger partial charge is 0.506 e. The van der Waals surface area contributed by atoms with Crippen molar-refractivity contribution < 1.29 is 18.3 Å². The summed E-state index contributed by atoms with van der Waals surface area (Å²) in [6.45, 7) is 0. The lowest BCUT2D eigenvalue weighted by molar-refractivity contribution is -0.137. The fourth-order valence-corrected chi connectivity index (χ4v) is 3.63. The summed E-state index contributed by atoms with van der Waals surface area (Å²) in [6.07, 6.45) is -4.54. The highest BCUT2D eigenvalue weighted by Gasteiger charge is 2.32. The van der Waals surface area contributed by atoms with Crippen LogP contribution in [0.15, 0.2) is 48.5 Å². The lowest BCUT2D eigenvalue weighted by Crippen LogP contribution is -2.05. The number of aromatic hydroxyl groups is 1. The van der Waals surface area contributed by atoms with Crippen LogP contribution in [0.2, 0.25) is 5.02 Å². The van der Waals surface area contributed by atoms with E-state index < -0.39 is 11.7 Å². The number of nitrogen functional groups attached to an aromatic ring is 1. The molecule has 3 N–H and O–H groups in total. The Morgan fingerprint density at radius 1 is 1.00 bits per heavy atom. The normalized spacial score (nSPS) is 11.7. The van der Waals surface area contributed by atoms with Gasteiger partial charge >= 0.3 is 6.18 Å². The number of nitrogens with two attached hydrogens (primary N) is 1. The molecule has 0 aliphatic rings. The third-order valence-corrected chi connectivity index (χ3v) is 4.74. The first-order chi connectivity index (χ1) is 11.3. The van der Waals surface area contributed by atoms with Crippen LogP contribution in [-0.4, -0.2) is 5.11 Å². The molecule has 1 heterocycles. The highest BCUT2D eigenvalue weighted by Crippen LogP contribution is 2.49. The minimum Gasteiger partial charge on any atom is -0.506 e. The number of rotatable bonds is 2. The smallest absolute Gasteiger partial charge is 0.416 e. The van der Waals surface area contributed by atoms with Gasteiger partial charge in [-0.2, -0.15) is 13.2 Å². The average molecular weight is 370 g/mol. The van der Waals surface area contributed by atoms with E-state index >= 15 is 0 Å². The molecule has 0 unspecified atom stereocenters. The van der Waals surface area contributed by atoms with Gasteiger partial charge < -0.3 is 10.8 Å². The van der Waals surface area contributed by atoms with Crippen LogP contribution in [0.5, 0.6) is 5.75 Å². The van der Waals surface area contributed by atoms with Gasteiger partial charge in [0.15, 0.2) is 0 Å². The van der Waals surface area contributed by atoms with Gasteiger partial charge in [0.25, 0.3) is 0 Å². The van der Waals surface area contributed by atoms with Gasteiger partial charge in [-0.15, -0.1) is 11.3 Å². The molecule has 3 aromatic rings. The Kier molecular flexibility index (Phi) is 4.19. The first-order valence-corrected chi connectivity index (χ1v) is 8.01. The molecule has 2 aromatic carbocycles. The van der Waals surface area contributed by atoms with Gasteiger partial charge in [-0.25, -0.2) is 0 Å². The summed E-state index contributed by atoms with van der Waals surface area (Å²) in [5.74, 6) is -0.154. The minimum atomic E-state index is -4.54. The van der Waals surface area contributed by atoms with Crippen molar-refractivity contribution >= 4 is 27.9 Å². The third kappa shape index (κ3) is 3.07. The number of anilines is 1. The summed E-state index contributed by atoms with van der Waals surface area (Å²) >= 11 is 6.93. The van der Waals surface area contributed by atoms with Crippen molar-refractivity contribution in [2.75, 3.05) is 5.73 Å². The van der Waals surface area contributed by atoms with Crippen LogP contribution < -0.4 is 5.73 Å². The van der Waals surface area contributed by atoms with E-state index in [4.69, 9.17) is 17.3 Å². The SMILES string of the molecule is Nc1sc(-c2ccccc2)c(O)c1-c1cc(Cl)cc(C(F)(F)F)c1. The van der Waals surface area contributed by atoms with Crippen LogP contribution in [0.25, 0.3) is 21.6 Å². The van der Waals surface area contributed by atoms with E-state index in [0.717, 1.165) is 29.0 Å². The highest BCUT2D eigenvalue weighted by atomic mass is 35.5. The number of halogens is 4. The molecule has 0 amide bonds. The highest BCUT2D eigenvalue weighted by molar-refractivity contribution is 7.20. The Labute approximate surface area is 144 Å². The molecule has 0 aliphatic carbocycles. The molecule has 124 valence electrons. The maximum absolute atomic E-state index is 13.0. The number of alkyl halides is 3. The van der Waals surface area contributed by atoms with Crippen molar-refractivity contribution in [3.8, 4) is 27.3 Å². The Balaban J connectivity index is 2.18. The first kappa shape index (κ1) is 16.7. The molecule has 1 aromatic heterocycles. The van der Waals surface area contributed by atoms with E-state index in [9.17, 15) is 18.3 Å². The van der Waals surface area contributed by atoms with Gasteiger partial charge in [-0.1, -0.05) is 41.9 Å². The minimum absolute atomic E-state index is 0.0777. The van der Waals surface area contributed by atoms with Crippen molar-refractivity contribution in [1.29, 1.82) is 0 Å². The molecule has 0 bridgehead atoms. The van der Waals surface area contributed by atoms with E-state index in [1.807, 2.05) is 6.07 Å². The second-order valence-electron chi connectivity index (χ2n) is 5.11. The molecule has 0 saturated heterocycles. The lowest BCUT2D eigenvalue weighted by Gasteiger charge is -2.10. The predicted molar refractivity (Wildman–Crippen MR) is 91.3 cm³/mol. The van der Waals surface area contributed by atoms with Crippen molar-refractivity contribution in [3.05, 3.63) is 59.1 Å². The van der Waals surface area contributed by atoms with Crippen LogP contribution in [0.3, 0.4) is 0 Å². The summed E-state index contributed by atoms with van der Waals surface area (Å²) in [7, 11) is 0. The van der Waals surface area contributed by atoms with Crippen molar-refractivity contribution in [1.82, 2.24) is 0 Å². The van der Waals surface area contributed by atoms with Gasteiger partial charge in [0.1, 0.15) is 5.75 Å². The monoisotopic (exact) mass is 369 g/mol. The van der Waals surface area contributed by atoms with Gasteiger partial charge in [0, 0.05) is 5.02 Å². The van der Waals surface area contributed by atoms with Crippen LogP contribution in [0, 0.1) is 0 Å². The molecular weight excluding hydrogens is 359 g/mol. The molecule has 7 heteroatoms. The van der Waals surface area contributed by atoms with E-state index in [1.165, 1.54) is 6.07 Å². The second kappa shape index (κ2) is 6.03. The van der Waals surface area contributed by atoms with Crippen LogP contribution in [-0.2, 0) is 6.18 Å². The Morgan fingerprint density at radius 2 is 1.67 bits per heavy atom. The van der Waals surface area contributed by atoms with Gasteiger partial charge in [-0.05, 0) is 29.3 Å². The quantitative estimate of drug-likeness (QED) is 0.578. The van der Waals surface area contributed by atoms with Crippen molar-refractivity contribution in [2.45, 2.75) is 6.18 Å². The van der Waals surface area contributed by atoms with E-state index in [2.05, 4.69) is 0 Å². The fraction of sp³-hybridized carbons (Fsp3) is 0.0588. The molecule has 0 radical (unpaired) electrons. The maximum Gasteiger partial charge on any atom is 0.416 e. The number of hydrogen-bond acceptors (Lipinski definition) is 3. The van der Waals surface area contributed by atoms with Crippen LogP contribution in [0.1, 0.15) is 5.56 Å². The van der Waals surface area contributed by atoms with Crippen LogP contribution in [0.4, 0.5) is 18.2 Å². The average Bonchev–Trinajstić information content (AvgIpc) is 2.81. The second-order valence-corrected chi connectivity index (χ2v) is 6.60. The van der Waals surface area contributed by atoms with E-state index in [0.29, 0.717) is 4.88 Å². The molecule has 0 atom stereocenters.